The number of benzene rings is 1. The molecule has 0 fully saturated rings. The molecule has 0 spiro atoms. The summed E-state index contributed by atoms with van der Waals surface area (Å²) in [7, 11) is 0. The molecule has 0 aliphatic carbocycles. The molecular formula is C10H11NO2Y-2. The van der Waals surface area contributed by atoms with Crippen LogP contribution in [0.3, 0.4) is 0 Å². The Labute approximate surface area is 109 Å². The zero-order valence-electron chi connectivity index (χ0n) is 7.99. The maximum atomic E-state index is 9.74. The summed E-state index contributed by atoms with van der Waals surface area (Å²) in [6.07, 6.45) is 3.12. The molecular weight excluding hydrogens is 255 g/mol. The van der Waals surface area contributed by atoms with E-state index in [1.54, 1.807) is 6.41 Å². The summed E-state index contributed by atoms with van der Waals surface area (Å²) in [5.41, 5.74) is 1.09. The van der Waals surface area contributed by atoms with Crippen molar-refractivity contribution < 1.29 is 42.3 Å². The van der Waals surface area contributed by atoms with Crippen LogP contribution >= 0.6 is 0 Å². The molecule has 1 rings (SSSR count). The molecule has 0 saturated heterocycles. The number of amides is 1. The van der Waals surface area contributed by atoms with E-state index in [1.165, 1.54) is 13.2 Å². The molecule has 3 nitrogen and oxygen atoms in total. The maximum absolute atomic E-state index is 9.74. The van der Waals surface area contributed by atoms with E-state index in [4.69, 9.17) is 4.79 Å². The standard InChI is InChI=1S/C8H8NO.C2H3O.Y/c10-7-9-6-8-4-2-1-3-5-8;1-2-3;/h1-5H,6H2,(H,9,10);1H3;/q2*-1;. The van der Waals surface area contributed by atoms with E-state index in [2.05, 4.69) is 5.32 Å². The summed E-state index contributed by atoms with van der Waals surface area (Å²) in [6.45, 7) is 1.88. The van der Waals surface area contributed by atoms with Crippen LogP contribution in [0.25, 0.3) is 0 Å². The van der Waals surface area contributed by atoms with Crippen LogP contribution in [0.15, 0.2) is 30.3 Å². The van der Waals surface area contributed by atoms with Crippen LogP contribution in [0.4, 0.5) is 0 Å². The van der Waals surface area contributed by atoms with Crippen molar-refractivity contribution in [1.29, 1.82) is 0 Å². The van der Waals surface area contributed by atoms with E-state index in [0.29, 0.717) is 6.54 Å². The molecule has 0 aliphatic rings. The zero-order valence-corrected chi connectivity index (χ0v) is 10.8. The fraction of sp³-hybridized carbons (Fsp3) is 0.200. The van der Waals surface area contributed by atoms with Gasteiger partial charge < -0.3 is 14.9 Å². The van der Waals surface area contributed by atoms with E-state index >= 15 is 0 Å². The molecule has 1 aromatic rings. The minimum absolute atomic E-state index is 0. The van der Waals surface area contributed by atoms with Crippen molar-refractivity contribution in [3.63, 3.8) is 0 Å². The van der Waals surface area contributed by atoms with Gasteiger partial charge in [0.1, 0.15) is 0 Å². The molecule has 0 aromatic heterocycles. The fourth-order valence-electron chi connectivity index (χ4n) is 0.734. The SMILES string of the molecule is C[C-]=O.O=[C-]NCc1ccccc1.[Y]. The van der Waals surface area contributed by atoms with Gasteiger partial charge in [-0.15, -0.1) is 0 Å². The molecule has 0 bridgehead atoms. The summed E-state index contributed by atoms with van der Waals surface area (Å²) >= 11 is 0. The Kier molecular flexibility index (Phi) is 14.2. The van der Waals surface area contributed by atoms with Gasteiger partial charge in [0, 0.05) is 39.3 Å². The van der Waals surface area contributed by atoms with Gasteiger partial charge in [0.05, 0.1) is 0 Å². The Hall–Kier alpha value is -0.536. The van der Waals surface area contributed by atoms with E-state index in [9.17, 15) is 4.79 Å². The van der Waals surface area contributed by atoms with Crippen LogP contribution in [0.5, 0.6) is 0 Å². The van der Waals surface area contributed by atoms with Crippen LogP contribution in [0, 0.1) is 0 Å². The monoisotopic (exact) mass is 266 g/mol. The normalized spacial score (nSPS) is 7.21. The number of rotatable bonds is 3. The summed E-state index contributed by atoms with van der Waals surface area (Å²) < 4.78 is 0. The largest absolute Gasteiger partial charge is 0.542 e. The third-order valence-electron chi connectivity index (χ3n) is 1.21. The van der Waals surface area contributed by atoms with Crippen LogP contribution in [0.1, 0.15) is 12.5 Å². The number of hydrogen-bond donors (Lipinski definition) is 1. The predicted octanol–water partition coefficient (Wildman–Crippen LogP) is 0.957. The van der Waals surface area contributed by atoms with Crippen molar-refractivity contribution in [3.8, 4) is 0 Å². The van der Waals surface area contributed by atoms with Crippen molar-refractivity contribution in [2.24, 2.45) is 0 Å². The molecule has 1 aromatic carbocycles. The van der Waals surface area contributed by atoms with Crippen molar-refractivity contribution in [1.82, 2.24) is 5.32 Å². The van der Waals surface area contributed by atoms with Crippen LogP contribution in [-0.4, -0.2) is 12.7 Å². The Morgan fingerprint density at radius 3 is 2.14 bits per heavy atom. The van der Waals surface area contributed by atoms with Gasteiger partial charge in [-0.1, -0.05) is 30.3 Å². The maximum Gasteiger partial charge on any atom is 0.0117 e. The Morgan fingerprint density at radius 2 is 1.71 bits per heavy atom. The van der Waals surface area contributed by atoms with E-state index in [0.717, 1.165) is 5.56 Å². The summed E-state index contributed by atoms with van der Waals surface area (Å²) in [5, 5.41) is 2.46. The third-order valence-corrected chi connectivity index (χ3v) is 1.21. The first kappa shape index (κ1) is 15.9. The molecule has 0 atom stereocenters. The topological polar surface area (TPSA) is 46.2 Å². The van der Waals surface area contributed by atoms with Gasteiger partial charge >= 0.3 is 0 Å². The molecule has 1 amide bonds. The Balaban J connectivity index is 0. The Morgan fingerprint density at radius 1 is 1.21 bits per heavy atom. The smallest absolute Gasteiger partial charge is 0.0117 e. The fourth-order valence-corrected chi connectivity index (χ4v) is 0.734. The molecule has 0 unspecified atom stereocenters. The van der Waals surface area contributed by atoms with Crippen LogP contribution in [-0.2, 0) is 48.8 Å². The number of carbonyl (C=O) groups excluding carboxylic acids is 2. The minimum atomic E-state index is 0. The van der Waals surface area contributed by atoms with Gasteiger partial charge in [0.15, 0.2) is 0 Å². The van der Waals surface area contributed by atoms with Crippen molar-refractivity contribution in [3.05, 3.63) is 35.9 Å². The molecule has 1 radical (unpaired) electrons. The second-order valence-electron chi connectivity index (χ2n) is 2.15. The van der Waals surface area contributed by atoms with Gasteiger partial charge in [-0.2, -0.15) is 13.3 Å². The molecule has 14 heavy (non-hydrogen) atoms. The van der Waals surface area contributed by atoms with Gasteiger partial charge in [-0.25, -0.2) is 0 Å². The summed E-state index contributed by atoms with van der Waals surface area (Å²) in [5.74, 6) is 0. The number of hydrogen-bond acceptors (Lipinski definition) is 2. The summed E-state index contributed by atoms with van der Waals surface area (Å²) in [4.78, 5) is 18.4. The summed E-state index contributed by atoms with van der Waals surface area (Å²) in [6, 6.07) is 9.70. The second kappa shape index (κ2) is 12.5. The molecule has 0 heterocycles. The van der Waals surface area contributed by atoms with Crippen LogP contribution in [0.2, 0.25) is 0 Å². The first-order chi connectivity index (χ1) is 6.35. The van der Waals surface area contributed by atoms with Gasteiger partial charge in [-0.05, 0) is 5.56 Å². The molecule has 0 aliphatic heterocycles. The molecule has 4 heteroatoms. The van der Waals surface area contributed by atoms with Gasteiger partial charge in [0.2, 0.25) is 0 Å². The Bertz CT molecular complexity index is 239. The molecule has 1 N–H and O–H groups in total. The molecule has 0 saturated carbocycles. The zero-order chi connectivity index (χ0) is 9.94. The second-order valence-corrected chi connectivity index (χ2v) is 2.15. The van der Waals surface area contributed by atoms with Gasteiger partial charge in [0.25, 0.3) is 0 Å². The van der Waals surface area contributed by atoms with Crippen LogP contribution < -0.4 is 5.32 Å². The van der Waals surface area contributed by atoms with E-state index in [1.807, 2.05) is 30.3 Å². The van der Waals surface area contributed by atoms with E-state index in [-0.39, 0.29) is 32.7 Å². The number of nitrogens with one attached hydrogen (secondary N) is 1. The first-order valence-electron chi connectivity index (χ1n) is 3.78. The average molecular weight is 266 g/mol. The molecule has 73 valence electrons. The van der Waals surface area contributed by atoms with Crippen molar-refractivity contribution in [2.75, 3.05) is 0 Å². The van der Waals surface area contributed by atoms with Crippen molar-refractivity contribution in [2.45, 2.75) is 13.5 Å². The third kappa shape index (κ3) is 9.55. The van der Waals surface area contributed by atoms with Crippen molar-refractivity contribution >= 4 is 12.7 Å². The minimum Gasteiger partial charge on any atom is -0.542 e. The quantitative estimate of drug-likeness (QED) is 0.654. The van der Waals surface area contributed by atoms with E-state index < -0.39 is 0 Å². The van der Waals surface area contributed by atoms with Gasteiger partial charge in [-0.3, -0.25) is 6.29 Å². The first-order valence-corrected chi connectivity index (χ1v) is 3.78. The average Bonchev–Trinajstić information content (AvgIpc) is 2.18. The predicted molar refractivity (Wildman–Crippen MR) is 50.3 cm³/mol.